The van der Waals surface area contributed by atoms with Gasteiger partial charge in [0.1, 0.15) is 6.17 Å². The van der Waals surface area contributed by atoms with Crippen molar-refractivity contribution in [1.82, 2.24) is 9.78 Å². The van der Waals surface area contributed by atoms with Crippen LogP contribution in [-0.2, 0) is 0 Å². The number of rotatable bonds is 14. The summed E-state index contributed by atoms with van der Waals surface area (Å²) in [7, 11) is 0. The van der Waals surface area contributed by atoms with Gasteiger partial charge in [-0.3, -0.25) is 0 Å². The molecular weight excluding hydrogens is 491 g/mol. The first-order chi connectivity index (χ1) is 18.7. The highest BCUT2D eigenvalue weighted by Gasteiger charge is 2.12. The van der Waals surface area contributed by atoms with Crippen molar-refractivity contribution in [2.45, 2.75) is 126 Å². The molecule has 2 aromatic rings. The summed E-state index contributed by atoms with van der Waals surface area (Å²) in [6.45, 7) is 18.8. The smallest absolute Gasteiger partial charge is 0.122 e. The van der Waals surface area contributed by atoms with E-state index in [9.17, 15) is 4.39 Å². The quantitative estimate of drug-likeness (QED) is 0.130. The molecule has 0 bridgehead atoms. The lowest BCUT2D eigenvalue weighted by Crippen LogP contribution is -2.03. The number of hydrogen-bond acceptors (Lipinski definition) is 1. The van der Waals surface area contributed by atoms with Gasteiger partial charge in [0, 0.05) is 12.1 Å². The standard InChI is InChI=1S/C28H34FN2.2C4H10.CH4/c1-6-7-8-9-10-11-14-23(4)15-12-13-16-26-21-28(22(2)3)31(30-26)27-19-17-25(18-20-27)24(5)29;2*1-3-4-2;/h1,7,9-10,13,16-22,24H,4,8,11-12,14-15H2,2-3,5H3;2*3-4H2,1-2H3;1H4/b10-9+,16-13+;;;. The normalized spacial score (nSPS) is 11.3. The van der Waals surface area contributed by atoms with Gasteiger partial charge >= 0.3 is 0 Å². The largest absolute Gasteiger partial charge is 0.243 e. The number of benzene rings is 1. The van der Waals surface area contributed by atoms with E-state index >= 15 is 0 Å². The predicted molar refractivity (Wildman–Crippen MR) is 179 cm³/mol. The molecule has 1 heterocycles. The Hall–Kier alpha value is -2.86. The number of hydrogen-bond donors (Lipinski definition) is 0. The van der Waals surface area contributed by atoms with E-state index in [-0.39, 0.29) is 7.43 Å². The van der Waals surface area contributed by atoms with Crippen LogP contribution in [0.5, 0.6) is 0 Å². The second-order valence-corrected chi connectivity index (χ2v) is 10.1. The summed E-state index contributed by atoms with van der Waals surface area (Å²) in [5, 5.41) is 4.77. The lowest BCUT2D eigenvalue weighted by atomic mass is 10.1. The summed E-state index contributed by atoms with van der Waals surface area (Å²) in [6.07, 6.45) is 24.6. The van der Waals surface area contributed by atoms with Gasteiger partial charge in [0.25, 0.3) is 0 Å². The summed E-state index contributed by atoms with van der Waals surface area (Å²) < 4.78 is 15.5. The highest BCUT2D eigenvalue weighted by atomic mass is 19.1. The molecule has 0 saturated carbocycles. The molecule has 223 valence electrons. The van der Waals surface area contributed by atoms with E-state index in [0.717, 1.165) is 49.2 Å². The van der Waals surface area contributed by atoms with E-state index in [4.69, 9.17) is 11.5 Å². The first-order valence-electron chi connectivity index (χ1n) is 14.9. The Morgan fingerprint density at radius 2 is 1.50 bits per heavy atom. The van der Waals surface area contributed by atoms with Crippen molar-refractivity contribution in [3.05, 3.63) is 84.1 Å². The van der Waals surface area contributed by atoms with Crippen LogP contribution in [0.3, 0.4) is 0 Å². The maximum atomic E-state index is 13.5. The van der Waals surface area contributed by atoms with E-state index in [2.05, 4.69) is 84.4 Å². The molecule has 40 heavy (non-hydrogen) atoms. The fraction of sp³-hybridized carbons (Fsp3) is 0.514. The van der Waals surface area contributed by atoms with Gasteiger partial charge in [-0.2, -0.15) is 5.10 Å². The topological polar surface area (TPSA) is 17.8 Å². The Morgan fingerprint density at radius 3 is 1.98 bits per heavy atom. The fourth-order valence-electron chi connectivity index (χ4n) is 3.25. The van der Waals surface area contributed by atoms with Crippen molar-refractivity contribution in [1.29, 1.82) is 0 Å². The maximum absolute atomic E-state index is 13.5. The maximum Gasteiger partial charge on any atom is 0.122 e. The van der Waals surface area contributed by atoms with Crippen LogP contribution in [-0.4, -0.2) is 9.78 Å². The van der Waals surface area contributed by atoms with Crippen LogP contribution in [0, 0.1) is 18.8 Å². The lowest BCUT2D eigenvalue weighted by Gasteiger charge is -2.11. The van der Waals surface area contributed by atoms with Crippen LogP contribution in [0.4, 0.5) is 4.39 Å². The summed E-state index contributed by atoms with van der Waals surface area (Å²) >= 11 is 0. The van der Waals surface area contributed by atoms with E-state index in [1.807, 2.05) is 35.4 Å². The van der Waals surface area contributed by atoms with E-state index in [0.29, 0.717) is 11.5 Å². The van der Waals surface area contributed by atoms with Crippen LogP contribution < -0.4 is 0 Å². The number of nitrogens with zero attached hydrogens (tertiary/aromatic N) is 2. The van der Waals surface area contributed by atoms with Crippen molar-refractivity contribution in [2.75, 3.05) is 0 Å². The molecule has 0 fully saturated rings. The molecule has 0 aliphatic carbocycles. The van der Waals surface area contributed by atoms with Gasteiger partial charge in [-0.1, -0.05) is 117 Å². The molecule has 1 aromatic heterocycles. The number of halogens is 1. The van der Waals surface area contributed by atoms with Crippen molar-refractivity contribution >= 4 is 6.08 Å². The van der Waals surface area contributed by atoms with Gasteiger partial charge in [0.15, 0.2) is 0 Å². The zero-order chi connectivity index (χ0) is 29.5. The van der Waals surface area contributed by atoms with E-state index in [1.165, 1.54) is 31.3 Å². The van der Waals surface area contributed by atoms with Crippen LogP contribution in [0.2, 0.25) is 0 Å². The SMILES string of the molecule is C.C#C[CH]C/C=C/CCC(=C)CC/C=C/c1cc(C(C)C)n(-c2ccc(C(C)F)cc2)n1.CCCC.CCCC. The van der Waals surface area contributed by atoms with E-state index in [1.54, 1.807) is 6.92 Å². The molecule has 0 amide bonds. The van der Waals surface area contributed by atoms with Gasteiger partial charge < -0.3 is 0 Å². The highest BCUT2D eigenvalue weighted by molar-refractivity contribution is 5.48. The summed E-state index contributed by atoms with van der Waals surface area (Å²) in [6, 6.07) is 9.65. The van der Waals surface area contributed by atoms with Gasteiger partial charge in [-0.15, -0.1) is 12.3 Å². The lowest BCUT2D eigenvalue weighted by molar-refractivity contribution is 0.374. The summed E-state index contributed by atoms with van der Waals surface area (Å²) in [4.78, 5) is 0. The minimum atomic E-state index is -0.965. The fourth-order valence-corrected chi connectivity index (χ4v) is 3.25. The van der Waals surface area contributed by atoms with Crippen LogP contribution in [0.25, 0.3) is 11.8 Å². The second-order valence-electron chi connectivity index (χ2n) is 10.1. The zero-order valence-electron chi connectivity index (χ0n) is 25.8. The van der Waals surface area contributed by atoms with Crippen molar-refractivity contribution in [3.63, 3.8) is 0 Å². The average Bonchev–Trinajstić information content (AvgIpc) is 3.38. The third-order valence-electron chi connectivity index (χ3n) is 6.10. The van der Waals surface area contributed by atoms with Crippen LogP contribution >= 0.6 is 0 Å². The third-order valence-corrected chi connectivity index (χ3v) is 6.10. The number of allylic oxidation sites excluding steroid dienone is 4. The molecule has 0 aliphatic rings. The van der Waals surface area contributed by atoms with Crippen LogP contribution in [0.15, 0.2) is 60.7 Å². The first-order valence-corrected chi connectivity index (χ1v) is 14.9. The molecule has 0 spiro atoms. The molecule has 1 unspecified atom stereocenters. The summed E-state index contributed by atoms with van der Waals surface area (Å²) in [5.41, 5.74) is 4.97. The van der Waals surface area contributed by atoms with E-state index < -0.39 is 6.17 Å². The minimum Gasteiger partial charge on any atom is -0.243 e. The zero-order valence-corrected chi connectivity index (χ0v) is 25.8. The summed E-state index contributed by atoms with van der Waals surface area (Å²) in [5.74, 6) is 2.85. The predicted octanol–water partition coefficient (Wildman–Crippen LogP) is 12.2. The monoisotopic (exact) mass is 549 g/mol. The van der Waals surface area contributed by atoms with Crippen molar-refractivity contribution < 1.29 is 4.39 Å². The molecule has 0 aliphatic heterocycles. The molecule has 3 heteroatoms. The molecular formula is C37H58FN2. The minimum absolute atomic E-state index is 0. The molecule has 2 nitrogen and oxygen atoms in total. The molecule has 0 N–H and O–H groups in total. The second kappa shape index (κ2) is 25.1. The van der Waals surface area contributed by atoms with Gasteiger partial charge in [0.05, 0.1) is 11.4 Å². The third kappa shape index (κ3) is 17.7. The molecule has 1 atom stereocenters. The van der Waals surface area contributed by atoms with Gasteiger partial charge in [-0.05, 0) is 74.8 Å². The Bertz CT molecular complexity index is 976. The van der Waals surface area contributed by atoms with Gasteiger partial charge in [0.2, 0.25) is 0 Å². The number of aromatic nitrogens is 2. The Labute approximate surface area is 247 Å². The average molecular weight is 550 g/mol. The van der Waals surface area contributed by atoms with Gasteiger partial charge in [-0.25, -0.2) is 9.07 Å². The Kier molecular flexibility index (Phi) is 24.7. The Balaban J connectivity index is 0. The Morgan fingerprint density at radius 1 is 0.950 bits per heavy atom. The molecule has 1 aromatic carbocycles. The number of terminal acetylenes is 1. The first kappa shape index (κ1) is 39.3. The number of unbranched alkanes of at least 4 members (excludes halogenated alkanes) is 3. The number of alkyl halides is 1. The van der Waals surface area contributed by atoms with Crippen LogP contribution in [0.1, 0.15) is 143 Å². The van der Waals surface area contributed by atoms with Crippen molar-refractivity contribution in [3.8, 4) is 18.0 Å². The molecule has 1 radical (unpaired) electrons. The molecule has 0 saturated heterocycles. The molecule has 2 rings (SSSR count). The van der Waals surface area contributed by atoms with Crippen molar-refractivity contribution in [2.24, 2.45) is 0 Å². The highest BCUT2D eigenvalue weighted by Crippen LogP contribution is 2.23.